The van der Waals surface area contributed by atoms with Crippen LogP contribution in [0, 0.1) is 5.82 Å². The summed E-state index contributed by atoms with van der Waals surface area (Å²) in [6, 6.07) is 29.6. The molecule has 1 N–H and O–H groups in total. The lowest BCUT2D eigenvalue weighted by atomic mass is 10.1. The molecule has 4 rings (SSSR count). The maximum absolute atomic E-state index is 15.8. The Labute approximate surface area is 221 Å². The normalized spacial score (nSPS) is 13.1. The van der Waals surface area contributed by atoms with Gasteiger partial charge >= 0.3 is 0 Å². The molecule has 8 heteroatoms. The Kier molecular flexibility index (Phi) is 8.64. The van der Waals surface area contributed by atoms with Crippen molar-refractivity contribution in [3.63, 3.8) is 0 Å². The maximum Gasteiger partial charge on any atom is 0.226 e. The number of aliphatic hydroxyl groups is 1. The molecule has 36 heavy (non-hydrogen) atoms. The summed E-state index contributed by atoms with van der Waals surface area (Å²) >= 11 is 12.7. The topological polar surface area (TPSA) is 55.8 Å². The van der Waals surface area contributed by atoms with E-state index in [2.05, 4.69) is 0 Å². The van der Waals surface area contributed by atoms with Crippen molar-refractivity contribution in [3.8, 4) is 11.5 Å². The van der Waals surface area contributed by atoms with Crippen LogP contribution in [0.1, 0.15) is 22.8 Å². The van der Waals surface area contributed by atoms with E-state index in [9.17, 15) is 9.32 Å². The standard InChI is InChI=1S/C28H23Cl2FO4S/c29-28(30,36(33)22-14-8-3-9-15-22)27(32)23-16-17-24(34-18-20-10-4-1-5-11-20)26(25(23)31)35-19-21-12-6-2-7-13-21/h1-17,27,32H,18-19H2. The second-order valence-corrected chi connectivity index (χ2v) is 11.4. The fourth-order valence-corrected chi connectivity index (χ4v) is 5.28. The number of halogens is 3. The summed E-state index contributed by atoms with van der Waals surface area (Å²) in [6.07, 6.45) is -1.83. The van der Waals surface area contributed by atoms with Crippen LogP contribution in [-0.4, -0.2) is 13.0 Å². The van der Waals surface area contributed by atoms with E-state index in [4.69, 9.17) is 32.7 Å². The molecule has 4 nitrogen and oxygen atoms in total. The Hall–Kier alpha value is -2.90. The van der Waals surface area contributed by atoms with Gasteiger partial charge in [-0.2, -0.15) is 0 Å². The summed E-state index contributed by atoms with van der Waals surface area (Å²) in [6.45, 7) is 0.235. The molecule has 4 aromatic rings. The van der Waals surface area contributed by atoms with Gasteiger partial charge in [-0.1, -0.05) is 102 Å². The highest BCUT2D eigenvalue weighted by Crippen LogP contribution is 2.45. The van der Waals surface area contributed by atoms with E-state index in [1.165, 1.54) is 12.1 Å². The molecule has 0 saturated heterocycles. The number of hydrogen-bond donors (Lipinski definition) is 1. The largest absolute Gasteiger partial charge is 0.485 e. The van der Waals surface area contributed by atoms with Gasteiger partial charge in [0.2, 0.25) is 3.67 Å². The Bertz CT molecular complexity index is 1310. The lowest BCUT2D eigenvalue weighted by molar-refractivity contribution is 0.174. The number of ether oxygens (including phenoxy) is 2. The molecule has 186 valence electrons. The number of aliphatic hydroxyl groups excluding tert-OH is 1. The molecule has 2 atom stereocenters. The lowest BCUT2D eigenvalue weighted by Crippen LogP contribution is -2.30. The molecule has 0 aliphatic carbocycles. The minimum Gasteiger partial charge on any atom is -0.485 e. The van der Waals surface area contributed by atoms with Crippen molar-refractivity contribution in [2.75, 3.05) is 0 Å². The van der Waals surface area contributed by atoms with Gasteiger partial charge in [0.15, 0.2) is 17.3 Å². The first kappa shape index (κ1) is 26.2. The van der Waals surface area contributed by atoms with Crippen molar-refractivity contribution in [2.45, 2.75) is 27.9 Å². The second kappa shape index (κ2) is 11.9. The van der Waals surface area contributed by atoms with Crippen LogP contribution in [-0.2, 0) is 24.0 Å². The molecule has 0 heterocycles. The smallest absolute Gasteiger partial charge is 0.226 e. The molecule has 0 fully saturated rings. The van der Waals surface area contributed by atoms with Crippen LogP contribution in [0.25, 0.3) is 0 Å². The van der Waals surface area contributed by atoms with Crippen molar-refractivity contribution < 1.29 is 23.2 Å². The first-order valence-corrected chi connectivity index (χ1v) is 13.0. The lowest BCUT2D eigenvalue weighted by Gasteiger charge is -2.26. The second-order valence-electron chi connectivity index (χ2n) is 7.89. The quantitative estimate of drug-likeness (QED) is 0.219. The molecule has 0 aromatic heterocycles. The maximum atomic E-state index is 15.8. The zero-order valence-electron chi connectivity index (χ0n) is 19.0. The molecule has 0 bridgehead atoms. The van der Waals surface area contributed by atoms with Gasteiger partial charge in [-0.05, 0) is 35.4 Å². The van der Waals surface area contributed by atoms with Gasteiger partial charge in [0.1, 0.15) is 19.3 Å². The molecule has 0 amide bonds. The summed E-state index contributed by atoms with van der Waals surface area (Å²) in [5, 5.41) is 11.0. The molecule has 0 aliphatic rings. The molecule has 0 spiro atoms. The van der Waals surface area contributed by atoms with Gasteiger partial charge < -0.3 is 14.6 Å². The van der Waals surface area contributed by atoms with Crippen molar-refractivity contribution >= 4 is 34.0 Å². The molecule has 0 radical (unpaired) electrons. The third kappa shape index (κ3) is 6.08. The summed E-state index contributed by atoms with van der Waals surface area (Å²) in [5.41, 5.74) is 1.43. The monoisotopic (exact) mass is 544 g/mol. The third-order valence-electron chi connectivity index (χ3n) is 5.37. The Balaban J connectivity index is 1.65. The average Bonchev–Trinajstić information content (AvgIpc) is 2.92. The average molecular weight is 545 g/mol. The zero-order valence-corrected chi connectivity index (χ0v) is 21.3. The van der Waals surface area contributed by atoms with Crippen LogP contribution in [0.5, 0.6) is 11.5 Å². The minimum absolute atomic E-state index is 0.0574. The van der Waals surface area contributed by atoms with Crippen LogP contribution in [0.2, 0.25) is 0 Å². The molecule has 0 aliphatic heterocycles. The minimum atomic E-state index is -2.23. The van der Waals surface area contributed by atoms with Gasteiger partial charge in [-0.15, -0.1) is 0 Å². The zero-order chi connectivity index (χ0) is 25.5. The van der Waals surface area contributed by atoms with Gasteiger partial charge in [0.25, 0.3) is 0 Å². The van der Waals surface area contributed by atoms with Crippen LogP contribution >= 0.6 is 23.2 Å². The van der Waals surface area contributed by atoms with Crippen molar-refractivity contribution in [3.05, 3.63) is 126 Å². The van der Waals surface area contributed by atoms with E-state index in [0.717, 1.165) is 11.1 Å². The molecule has 0 saturated carbocycles. The molecular formula is C28H23Cl2FO4S. The van der Waals surface area contributed by atoms with Crippen LogP contribution in [0.3, 0.4) is 0 Å². The number of hydrogen-bond acceptors (Lipinski definition) is 4. The summed E-state index contributed by atoms with van der Waals surface area (Å²) in [4.78, 5) is 0.297. The fraction of sp³-hybridized carbons (Fsp3) is 0.143. The highest BCUT2D eigenvalue weighted by Gasteiger charge is 2.44. The van der Waals surface area contributed by atoms with Gasteiger partial charge in [-0.25, -0.2) is 4.39 Å². The predicted molar refractivity (Wildman–Crippen MR) is 140 cm³/mol. The SMILES string of the molecule is O=S(c1ccccc1)C(Cl)(Cl)C(O)c1ccc(OCc2ccccc2)c(OCc2ccccc2)c1F. The van der Waals surface area contributed by atoms with E-state index in [1.54, 1.807) is 30.3 Å². The van der Waals surface area contributed by atoms with Gasteiger partial charge in [0.05, 0.1) is 10.8 Å². The predicted octanol–water partition coefficient (Wildman–Crippen LogP) is 6.96. The summed E-state index contributed by atoms with van der Waals surface area (Å²) in [5.74, 6) is -0.970. The molecule has 2 unspecified atom stereocenters. The number of rotatable bonds is 10. The first-order valence-electron chi connectivity index (χ1n) is 11.1. The number of alkyl halides is 2. The Morgan fingerprint density at radius 1 is 0.778 bits per heavy atom. The van der Waals surface area contributed by atoms with Crippen LogP contribution < -0.4 is 9.47 Å². The Morgan fingerprint density at radius 2 is 1.28 bits per heavy atom. The van der Waals surface area contributed by atoms with Crippen molar-refractivity contribution in [2.24, 2.45) is 0 Å². The van der Waals surface area contributed by atoms with Crippen molar-refractivity contribution in [1.82, 2.24) is 0 Å². The summed E-state index contributed by atoms with van der Waals surface area (Å²) < 4.78 is 38.3. The van der Waals surface area contributed by atoms with Crippen LogP contribution in [0.15, 0.2) is 108 Å². The van der Waals surface area contributed by atoms with E-state index < -0.39 is 26.4 Å². The van der Waals surface area contributed by atoms with E-state index >= 15 is 4.39 Å². The van der Waals surface area contributed by atoms with Crippen LogP contribution in [0.4, 0.5) is 4.39 Å². The molecular weight excluding hydrogens is 522 g/mol. The van der Waals surface area contributed by atoms with E-state index in [-0.39, 0.29) is 30.3 Å². The van der Waals surface area contributed by atoms with Gasteiger partial charge in [0, 0.05) is 10.5 Å². The Morgan fingerprint density at radius 3 is 1.83 bits per heavy atom. The number of benzene rings is 4. The van der Waals surface area contributed by atoms with E-state index in [1.807, 2.05) is 60.7 Å². The highest BCUT2D eigenvalue weighted by molar-refractivity contribution is 7.89. The van der Waals surface area contributed by atoms with Crippen molar-refractivity contribution in [1.29, 1.82) is 0 Å². The molecule has 4 aromatic carbocycles. The fourth-order valence-electron chi connectivity index (χ4n) is 3.46. The summed E-state index contributed by atoms with van der Waals surface area (Å²) in [7, 11) is -2.06. The first-order chi connectivity index (χ1) is 17.4. The third-order valence-corrected chi connectivity index (χ3v) is 8.04. The van der Waals surface area contributed by atoms with E-state index in [0.29, 0.717) is 4.90 Å². The highest BCUT2D eigenvalue weighted by atomic mass is 35.5. The van der Waals surface area contributed by atoms with Gasteiger partial charge in [-0.3, -0.25) is 4.21 Å².